The summed E-state index contributed by atoms with van der Waals surface area (Å²) >= 11 is 6.11. The molecule has 1 aliphatic heterocycles. The molecule has 1 atom stereocenters. The molecule has 4 nitrogen and oxygen atoms in total. The van der Waals surface area contributed by atoms with E-state index in [0.29, 0.717) is 17.8 Å². The molecule has 0 radical (unpaired) electrons. The first-order valence-electron chi connectivity index (χ1n) is 8.01. The van der Waals surface area contributed by atoms with Crippen LogP contribution in [0.1, 0.15) is 51.6 Å². The molecular weight excluding hydrogens is 284 g/mol. The summed E-state index contributed by atoms with van der Waals surface area (Å²) in [6.45, 7) is 13.0. The van der Waals surface area contributed by atoms with E-state index in [0.717, 1.165) is 43.4 Å². The molecule has 1 saturated heterocycles. The van der Waals surface area contributed by atoms with Gasteiger partial charge in [-0.2, -0.15) is 0 Å². The van der Waals surface area contributed by atoms with Crippen molar-refractivity contribution in [3.63, 3.8) is 0 Å². The first-order valence-corrected chi connectivity index (χ1v) is 8.54. The summed E-state index contributed by atoms with van der Waals surface area (Å²) in [6, 6.07) is 0.632. The second-order valence-electron chi connectivity index (χ2n) is 5.96. The molecule has 1 unspecified atom stereocenters. The maximum atomic E-state index is 6.11. The fourth-order valence-electron chi connectivity index (χ4n) is 3.07. The Bertz CT molecular complexity index is 460. The SMILES string of the molecule is CCN(CC)C1CCN(c2cnc(C(C)C)nc2CCl)C1. The topological polar surface area (TPSA) is 32.3 Å². The van der Waals surface area contributed by atoms with Crippen molar-refractivity contribution in [3.8, 4) is 0 Å². The first-order chi connectivity index (χ1) is 10.1. The third-order valence-corrected chi connectivity index (χ3v) is 4.59. The Morgan fingerprint density at radius 2 is 2.10 bits per heavy atom. The van der Waals surface area contributed by atoms with E-state index in [2.05, 4.69) is 47.5 Å². The van der Waals surface area contributed by atoms with Crippen LogP contribution >= 0.6 is 11.6 Å². The molecule has 0 N–H and O–H groups in total. The van der Waals surface area contributed by atoms with Crippen LogP contribution in [0.15, 0.2) is 6.20 Å². The fraction of sp³-hybridized carbons (Fsp3) is 0.750. The van der Waals surface area contributed by atoms with Crippen LogP contribution in [-0.4, -0.2) is 47.1 Å². The van der Waals surface area contributed by atoms with Crippen LogP contribution in [0.5, 0.6) is 0 Å². The molecule has 0 amide bonds. The lowest BCUT2D eigenvalue weighted by atomic mass is 10.2. The number of likely N-dealkylation sites (N-methyl/N-ethyl adjacent to an activating group) is 1. The number of anilines is 1. The number of rotatable bonds is 6. The van der Waals surface area contributed by atoms with E-state index in [1.807, 2.05) is 6.20 Å². The summed E-state index contributed by atoms with van der Waals surface area (Å²) in [5.41, 5.74) is 2.08. The van der Waals surface area contributed by atoms with Gasteiger partial charge in [-0.05, 0) is 19.5 Å². The van der Waals surface area contributed by atoms with Crippen LogP contribution in [0.25, 0.3) is 0 Å². The van der Waals surface area contributed by atoms with Gasteiger partial charge in [-0.25, -0.2) is 9.97 Å². The normalized spacial score (nSPS) is 19.0. The minimum absolute atomic E-state index is 0.336. The second kappa shape index (κ2) is 7.41. The molecule has 1 aromatic rings. The lowest BCUT2D eigenvalue weighted by molar-refractivity contribution is 0.232. The second-order valence-corrected chi connectivity index (χ2v) is 6.23. The average molecular weight is 311 g/mol. The first kappa shape index (κ1) is 16.5. The number of aromatic nitrogens is 2. The molecule has 0 saturated carbocycles. The summed E-state index contributed by atoms with van der Waals surface area (Å²) in [5.74, 6) is 1.67. The van der Waals surface area contributed by atoms with E-state index in [-0.39, 0.29) is 0 Å². The van der Waals surface area contributed by atoms with Crippen molar-refractivity contribution in [2.24, 2.45) is 0 Å². The predicted octanol–water partition coefficient (Wildman–Crippen LogP) is 3.26. The van der Waals surface area contributed by atoms with Gasteiger partial charge < -0.3 is 4.90 Å². The highest BCUT2D eigenvalue weighted by Gasteiger charge is 2.28. The maximum Gasteiger partial charge on any atom is 0.131 e. The zero-order valence-corrected chi connectivity index (χ0v) is 14.4. The highest BCUT2D eigenvalue weighted by molar-refractivity contribution is 6.17. The van der Waals surface area contributed by atoms with E-state index in [1.54, 1.807) is 0 Å². The van der Waals surface area contributed by atoms with Crippen LogP contribution in [-0.2, 0) is 5.88 Å². The quantitative estimate of drug-likeness (QED) is 0.755. The standard InChI is InChI=1S/C16H27ClN4/c1-5-20(6-2)13-7-8-21(11-13)15-10-18-16(12(3)4)19-14(15)9-17/h10,12-13H,5-9,11H2,1-4H3. The van der Waals surface area contributed by atoms with E-state index in [1.165, 1.54) is 6.42 Å². The Kier molecular flexibility index (Phi) is 5.82. The van der Waals surface area contributed by atoms with Gasteiger partial charge in [0.15, 0.2) is 0 Å². The number of hydrogen-bond acceptors (Lipinski definition) is 4. The molecule has 0 spiro atoms. The molecule has 2 heterocycles. The van der Waals surface area contributed by atoms with E-state index >= 15 is 0 Å². The molecule has 0 aromatic carbocycles. The molecule has 21 heavy (non-hydrogen) atoms. The van der Waals surface area contributed by atoms with Crippen molar-refractivity contribution >= 4 is 17.3 Å². The maximum absolute atomic E-state index is 6.11. The molecule has 118 valence electrons. The zero-order chi connectivity index (χ0) is 15.4. The molecular formula is C16H27ClN4. The third kappa shape index (κ3) is 3.67. The summed E-state index contributed by atoms with van der Waals surface area (Å²) < 4.78 is 0. The largest absolute Gasteiger partial charge is 0.367 e. The Morgan fingerprint density at radius 3 is 2.67 bits per heavy atom. The van der Waals surface area contributed by atoms with Crippen LogP contribution in [0, 0.1) is 0 Å². The Labute approximate surface area is 133 Å². The van der Waals surface area contributed by atoms with E-state index < -0.39 is 0 Å². The van der Waals surface area contributed by atoms with Gasteiger partial charge in [0.2, 0.25) is 0 Å². The lowest BCUT2D eigenvalue weighted by Crippen LogP contribution is -2.37. The molecule has 1 aromatic heterocycles. The van der Waals surface area contributed by atoms with Crippen molar-refractivity contribution in [1.82, 2.24) is 14.9 Å². The van der Waals surface area contributed by atoms with Gasteiger partial charge in [0.25, 0.3) is 0 Å². The highest BCUT2D eigenvalue weighted by Crippen LogP contribution is 2.27. The van der Waals surface area contributed by atoms with Crippen LogP contribution < -0.4 is 4.90 Å². The van der Waals surface area contributed by atoms with E-state index in [4.69, 9.17) is 11.6 Å². The number of halogens is 1. The number of alkyl halides is 1. The Balaban J connectivity index is 2.16. The predicted molar refractivity (Wildman–Crippen MR) is 89.2 cm³/mol. The lowest BCUT2D eigenvalue weighted by Gasteiger charge is -2.27. The molecule has 1 fully saturated rings. The van der Waals surface area contributed by atoms with Gasteiger partial charge in [-0.1, -0.05) is 27.7 Å². The molecule has 0 aliphatic carbocycles. The monoisotopic (exact) mass is 310 g/mol. The third-order valence-electron chi connectivity index (χ3n) is 4.34. The summed E-state index contributed by atoms with van der Waals surface area (Å²) in [4.78, 5) is 14.1. The minimum Gasteiger partial charge on any atom is -0.367 e. The Hall–Kier alpha value is -0.870. The van der Waals surface area contributed by atoms with Gasteiger partial charge in [0, 0.05) is 25.0 Å². The van der Waals surface area contributed by atoms with Gasteiger partial charge in [-0.15, -0.1) is 11.6 Å². The summed E-state index contributed by atoms with van der Waals surface area (Å²) in [6.07, 6.45) is 3.17. The zero-order valence-electron chi connectivity index (χ0n) is 13.6. The van der Waals surface area contributed by atoms with Gasteiger partial charge >= 0.3 is 0 Å². The average Bonchev–Trinajstić information content (AvgIpc) is 2.97. The summed E-state index contributed by atoms with van der Waals surface area (Å²) in [5, 5.41) is 0. The van der Waals surface area contributed by atoms with Gasteiger partial charge in [0.05, 0.1) is 23.5 Å². The summed E-state index contributed by atoms with van der Waals surface area (Å²) in [7, 11) is 0. The number of nitrogens with zero attached hydrogens (tertiary/aromatic N) is 4. The van der Waals surface area contributed by atoms with Crippen molar-refractivity contribution in [2.45, 2.75) is 52.0 Å². The van der Waals surface area contributed by atoms with Crippen LogP contribution in [0.4, 0.5) is 5.69 Å². The minimum atomic E-state index is 0.336. The van der Waals surface area contributed by atoms with E-state index in [9.17, 15) is 0 Å². The Morgan fingerprint density at radius 1 is 1.38 bits per heavy atom. The van der Waals surface area contributed by atoms with Crippen molar-refractivity contribution in [1.29, 1.82) is 0 Å². The smallest absolute Gasteiger partial charge is 0.131 e. The molecule has 0 bridgehead atoms. The highest BCUT2D eigenvalue weighted by atomic mass is 35.5. The van der Waals surface area contributed by atoms with Crippen molar-refractivity contribution in [2.75, 3.05) is 31.1 Å². The fourth-order valence-corrected chi connectivity index (χ4v) is 3.26. The van der Waals surface area contributed by atoms with Gasteiger partial charge in [-0.3, -0.25) is 4.90 Å². The number of hydrogen-bond donors (Lipinski definition) is 0. The molecule has 1 aliphatic rings. The van der Waals surface area contributed by atoms with Crippen molar-refractivity contribution < 1.29 is 0 Å². The molecule has 5 heteroatoms. The molecule has 2 rings (SSSR count). The van der Waals surface area contributed by atoms with Crippen LogP contribution in [0.2, 0.25) is 0 Å². The van der Waals surface area contributed by atoms with Crippen LogP contribution in [0.3, 0.4) is 0 Å². The van der Waals surface area contributed by atoms with Crippen molar-refractivity contribution in [3.05, 3.63) is 17.7 Å². The van der Waals surface area contributed by atoms with Gasteiger partial charge in [0.1, 0.15) is 5.82 Å².